The van der Waals surface area contributed by atoms with E-state index in [1.54, 1.807) is 18.2 Å². The van der Waals surface area contributed by atoms with Crippen molar-refractivity contribution in [2.24, 2.45) is 0 Å². The van der Waals surface area contributed by atoms with Crippen molar-refractivity contribution in [1.82, 2.24) is 4.57 Å². The molecule has 0 amide bonds. The van der Waals surface area contributed by atoms with Crippen LogP contribution < -0.4 is 9.30 Å². The molecule has 0 radical (unpaired) electrons. The van der Waals surface area contributed by atoms with E-state index in [1.807, 2.05) is 0 Å². The number of ketones is 1. The number of nitrogens with zero attached hydrogens (tertiary/aromatic N) is 2. The van der Waals surface area contributed by atoms with Gasteiger partial charge in [0.25, 0.3) is 0 Å². The fraction of sp³-hybridized carbons (Fsp3) is 0.176. The highest BCUT2D eigenvalue weighted by atomic mass is 19.3. The third-order valence-electron chi connectivity index (χ3n) is 3.73. The SMILES string of the molecule is COc1ccc(C(=O)C[n+]2cn(C(F)F)c3ccccc32)c(F)c1. The largest absolute Gasteiger partial charge is 0.497 e. The molecular weight excluding hydrogens is 321 g/mol. The zero-order valence-electron chi connectivity index (χ0n) is 12.7. The Morgan fingerprint density at radius 3 is 2.67 bits per heavy atom. The van der Waals surface area contributed by atoms with Crippen LogP contribution >= 0.6 is 0 Å². The number of ether oxygens (including phenoxy) is 1. The van der Waals surface area contributed by atoms with Crippen LogP contribution in [0.15, 0.2) is 48.8 Å². The van der Waals surface area contributed by atoms with Crippen LogP contribution in [0.2, 0.25) is 0 Å². The van der Waals surface area contributed by atoms with Crippen molar-refractivity contribution in [2.45, 2.75) is 13.1 Å². The van der Waals surface area contributed by atoms with Gasteiger partial charge in [0.15, 0.2) is 17.6 Å². The molecule has 0 aliphatic rings. The molecular formula is C17H14F3N2O2+. The van der Waals surface area contributed by atoms with Crippen LogP contribution in [-0.2, 0) is 6.54 Å². The molecule has 0 bridgehead atoms. The van der Waals surface area contributed by atoms with Crippen molar-refractivity contribution in [3.8, 4) is 5.75 Å². The third-order valence-corrected chi connectivity index (χ3v) is 3.73. The Hall–Kier alpha value is -2.83. The number of carbonyl (C=O) groups excluding carboxylic acids is 1. The molecule has 0 saturated heterocycles. The van der Waals surface area contributed by atoms with E-state index >= 15 is 0 Å². The van der Waals surface area contributed by atoms with E-state index in [4.69, 9.17) is 4.74 Å². The molecule has 0 fully saturated rings. The number of benzene rings is 2. The van der Waals surface area contributed by atoms with E-state index < -0.39 is 18.1 Å². The minimum absolute atomic E-state index is 0.114. The predicted octanol–water partition coefficient (Wildman–Crippen LogP) is 3.35. The number of rotatable bonds is 5. The molecule has 0 spiro atoms. The fourth-order valence-electron chi connectivity index (χ4n) is 2.57. The van der Waals surface area contributed by atoms with Crippen LogP contribution in [0, 0.1) is 5.82 Å². The molecule has 0 unspecified atom stereocenters. The van der Waals surface area contributed by atoms with Crippen molar-refractivity contribution in [3.05, 3.63) is 60.2 Å². The van der Waals surface area contributed by atoms with E-state index in [9.17, 15) is 18.0 Å². The van der Waals surface area contributed by atoms with Crippen LogP contribution in [0.3, 0.4) is 0 Å². The highest BCUT2D eigenvalue weighted by Crippen LogP contribution is 2.19. The first-order chi connectivity index (χ1) is 11.5. The average Bonchev–Trinajstić information content (AvgIpc) is 2.93. The number of carbonyl (C=O) groups is 1. The molecule has 0 atom stereocenters. The Morgan fingerprint density at radius 2 is 2.00 bits per heavy atom. The van der Waals surface area contributed by atoms with E-state index in [2.05, 4.69) is 0 Å². The number of aromatic nitrogens is 2. The number of halogens is 3. The van der Waals surface area contributed by atoms with Gasteiger partial charge in [-0.15, -0.1) is 0 Å². The van der Waals surface area contributed by atoms with Crippen molar-refractivity contribution >= 4 is 16.8 Å². The van der Waals surface area contributed by atoms with Crippen molar-refractivity contribution < 1.29 is 27.3 Å². The summed E-state index contributed by atoms with van der Waals surface area (Å²) in [5, 5.41) is 0. The molecule has 1 heterocycles. The topological polar surface area (TPSA) is 35.1 Å². The van der Waals surface area contributed by atoms with Gasteiger partial charge < -0.3 is 4.74 Å². The smallest absolute Gasteiger partial charge is 0.387 e. The van der Waals surface area contributed by atoms with Crippen LogP contribution in [0.4, 0.5) is 13.2 Å². The van der Waals surface area contributed by atoms with Crippen molar-refractivity contribution in [1.29, 1.82) is 0 Å². The summed E-state index contributed by atoms with van der Waals surface area (Å²) in [4.78, 5) is 12.4. The first-order valence-electron chi connectivity index (χ1n) is 7.15. The summed E-state index contributed by atoms with van der Waals surface area (Å²) in [6, 6.07) is 10.4. The van der Waals surface area contributed by atoms with Gasteiger partial charge in [0.05, 0.1) is 12.7 Å². The van der Waals surface area contributed by atoms with Crippen molar-refractivity contribution in [2.75, 3.05) is 7.11 Å². The summed E-state index contributed by atoms with van der Waals surface area (Å²) < 4.78 is 47.3. The maximum atomic E-state index is 14.0. The molecule has 0 aliphatic heterocycles. The highest BCUT2D eigenvalue weighted by molar-refractivity contribution is 5.95. The fourth-order valence-corrected chi connectivity index (χ4v) is 2.57. The zero-order chi connectivity index (χ0) is 17.3. The number of para-hydroxylation sites is 2. The minimum Gasteiger partial charge on any atom is -0.497 e. The lowest BCUT2D eigenvalue weighted by Gasteiger charge is -2.04. The van der Waals surface area contributed by atoms with Gasteiger partial charge in [-0.25, -0.2) is 8.96 Å². The molecule has 3 aromatic rings. The molecule has 0 saturated carbocycles. The average molecular weight is 335 g/mol. The van der Waals surface area contributed by atoms with E-state index in [1.165, 1.54) is 29.9 Å². The number of fused-ring (bicyclic) bond motifs is 1. The number of hydrogen-bond donors (Lipinski definition) is 0. The van der Waals surface area contributed by atoms with E-state index in [0.29, 0.717) is 16.8 Å². The van der Waals surface area contributed by atoms with Gasteiger partial charge in [-0.2, -0.15) is 13.3 Å². The van der Waals surface area contributed by atoms with E-state index in [-0.39, 0.29) is 12.1 Å². The van der Waals surface area contributed by atoms with Crippen molar-refractivity contribution in [3.63, 3.8) is 0 Å². The molecule has 0 aliphatic carbocycles. The first kappa shape index (κ1) is 16.0. The molecule has 2 aromatic carbocycles. The summed E-state index contributed by atoms with van der Waals surface area (Å²) in [6.45, 7) is -2.98. The van der Waals surface area contributed by atoms with E-state index in [0.717, 1.165) is 17.0 Å². The van der Waals surface area contributed by atoms with Crippen LogP contribution in [0.25, 0.3) is 11.0 Å². The lowest BCUT2D eigenvalue weighted by Crippen LogP contribution is -2.37. The van der Waals surface area contributed by atoms with Gasteiger partial charge in [-0.3, -0.25) is 4.79 Å². The summed E-state index contributed by atoms with van der Waals surface area (Å²) in [7, 11) is 1.39. The Kier molecular flexibility index (Phi) is 4.24. The van der Waals surface area contributed by atoms with Crippen LogP contribution in [-0.4, -0.2) is 17.5 Å². The summed E-state index contributed by atoms with van der Waals surface area (Å²) >= 11 is 0. The number of imidazole rings is 1. The molecule has 24 heavy (non-hydrogen) atoms. The lowest BCUT2D eigenvalue weighted by molar-refractivity contribution is -0.658. The van der Waals surface area contributed by atoms with Gasteiger partial charge in [0.2, 0.25) is 12.1 Å². The number of hydrogen-bond acceptors (Lipinski definition) is 2. The zero-order valence-corrected chi connectivity index (χ0v) is 12.7. The van der Waals surface area contributed by atoms with Gasteiger partial charge >= 0.3 is 6.55 Å². The second-order valence-corrected chi connectivity index (χ2v) is 5.19. The Balaban J connectivity index is 1.97. The first-order valence-corrected chi connectivity index (χ1v) is 7.15. The standard InChI is InChI=1S/C17H14F3N2O2/c1-24-11-6-7-12(13(18)8-11)16(23)9-21-10-22(17(19)20)15-5-3-2-4-14(15)21/h2-8,10,17H,9H2,1H3/q+1. The molecule has 4 nitrogen and oxygen atoms in total. The monoisotopic (exact) mass is 335 g/mol. The predicted molar refractivity (Wildman–Crippen MR) is 80.7 cm³/mol. The second-order valence-electron chi connectivity index (χ2n) is 5.19. The summed E-state index contributed by atoms with van der Waals surface area (Å²) in [5.41, 5.74) is 0.660. The maximum absolute atomic E-state index is 14.0. The molecule has 124 valence electrons. The van der Waals surface area contributed by atoms with Crippen LogP contribution in [0.5, 0.6) is 5.75 Å². The lowest BCUT2D eigenvalue weighted by atomic mass is 10.1. The molecule has 7 heteroatoms. The van der Waals surface area contributed by atoms with Gasteiger partial charge in [-0.05, 0) is 24.3 Å². The highest BCUT2D eigenvalue weighted by Gasteiger charge is 2.24. The Morgan fingerprint density at radius 1 is 1.25 bits per heavy atom. The Labute approximate surface area is 135 Å². The normalized spacial score (nSPS) is 11.2. The third kappa shape index (κ3) is 2.84. The quantitative estimate of drug-likeness (QED) is 0.529. The number of alkyl halides is 2. The number of Topliss-reactive ketones (excluding diaryl/α,β-unsaturated/α-hetero) is 1. The summed E-state index contributed by atoms with van der Waals surface area (Å²) in [6.07, 6.45) is 1.16. The Bertz CT molecular complexity index is 906. The number of methoxy groups -OCH3 is 1. The van der Waals surface area contributed by atoms with Crippen LogP contribution in [0.1, 0.15) is 16.9 Å². The van der Waals surface area contributed by atoms with Gasteiger partial charge in [-0.1, -0.05) is 12.1 Å². The summed E-state index contributed by atoms with van der Waals surface area (Å²) in [5.74, 6) is -0.930. The van der Waals surface area contributed by atoms with Gasteiger partial charge in [0, 0.05) is 6.07 Å². The molecule has 3 rings (SSSR count). The molecule has 1 aromatic heterocycles. The second kappa shape index (κ2) is 6.35. The van der Waals surface area contributed by atoms with Gasteiger partial charge in [0.1, 0.15) is 11.6 Å². The molecule has 0 N–H and O–H groups in total. The maximum Gasteiger partial charge on any atom is 0.387 e. The minimum atomic E-state index is -2.73.